The average Bonchev–Trinajstić information content (AvgIpc) is 1.84. The van der Waals surface area contributed by atoms with Crippen molar-refractivity contribution in [2.24, 2.45) is 11.3 Å². The Balaban J connectivity index is 2.67. The van der Waals surface area contributed by atoms with E-state index < -0.39 is 0 Å². The van der Waals surface area contributed by atoms with E-state index in [0.717, 1.165) is 0 Å². The highest BCUT2D eigenvalue weighted by Crippen LogP contribution is 2.47. The summed E-state index contributed by atoms with van der Waals surface area (Å²) in [5.41, 5.74) is 0.578. The van der Waals surface area contributed by atoms with Crippen molar-refractivity contribution in [3.8, 4) is 0 Å². The van der Waals surface area contributed by atoms with Crippen molar-refractivity contribution in [2.45, 2.75) is 52.6 Å². The smallest absolute Gasteiger partial charge is 0.0709 e. The molecule has 1 nitrogen and oxygen atoms in total. The first-order valence-corrected chi connectivity index (χ1v) is 4.97. The zero-order valence-electron chi connectivity index (χ0n) is 9.11. The van der Waals surface area contributed by atoms with Crippen molar-refractivity contribution in [2.75, 3.05) is 7.11 Å². The molecular formula is C11H22O. The largest absolute Gasteiger partial charge is 0.378 e. The fourth-order valence-electron chi connectivity index (χ4n) is 2.13. The predicted octanol–water partition coefficient (Wildman–Crippen LogP) is 3.24. The standard InChI is InChI=1S/C11H22O/c1-9(10(2,3)4)11(12-5)7-6-8-11/h9H,6-8H2,1-5H3/t9-/m1/s1. The van der Waals surface area contributed by atoms with Gasteiger partial charge >= 0.3 is 0 Å². The fraction of sp³-hybridized carbons (Fsp3) is 1.00. The minimum Gasteiger partial charge on any atom is -0.378 e. The van der Waals surface area contributed by atoms with E-state index in [2.05, 4.69) is 27.7 Å². The summed E-state index contributed by atoms with van der Waals surface area (Å²) in [4.78, 5) is 0. The van der Waals surface area contributed by atoms with Crippen LogP contribution in [0.4, 0.5) is 0 Å². The van der Waals surface area contributed by atoms with Crippen LogP contribution in [0.2, 0.25) is 0 Å². The number of rotatable bonds is 2. The molecular weight excluding hydrogens is 148 g/mol. The van der Waals surface area contributed by atoms with Crippen molar-refractivity contribution in [1.82, 2.24) is 0 Å². The van der Waals surface area contributed by atoms with Crippen LogP contribution in [0.5, 0.6) is 0 Å². The van der Waals surface area contributed by atoms with Crippen LogP contribution in [0, 0.1) is 11.3 Å². The predicted molar refractivity (Wildman–Crippen MR) is 52.2 cm³/mol. The third-order valence-corrected chi connectivity index (χ3v) is 3.69. The number of hydrogen-bond donors (Lipinski definition) is 0. The summed E-state index contributed by atoms with van der Waals surface area (Å²) in [6, 6.07) is 0. The highest BCUT2D eigenvalue weighted by molar-refractivity contribution is 4.97. The maximum Gasteiger partial charge on any atom is 0.0709 e. The minimum atomic E-state index is 0.207. The van der Waals surface area contributed by atoms with Gasteiger partial charge in [0.2, 0.25) is 0 Å². The summed E-state index contributed by atoms with van der Waals surface area (Å²) in [7, 11) is 1.86. The van der Waals surface area contributed by atoms with Gasteiger partial charge in [0.25, 0.3) is 0 Å². The zero-order chi connectivity index (χ0) is 9.41. The van der Waals surface area contributed by atoms with Crippen molar-refractivity contribution in [1.29, 1.82) is 0 Å². The number of ether oxygens (including phenoxy) is 1. The number of hydrogen-bond acceptors (Lipinski definition) is 1. The van der Waals surface area contributed by atoms with Gasteiger partial charge < -0.3 is 4.74 Å². The summed E-state index contributed by atoms with van der Waals surface area (Å²) in [5, 5.41) is 0. The van der Waals surface area contributed by atoms with Crippen LogP contribution in [-0.4, -0.2) is 12.7 Å². The SMILES string of the molecule is COC1([C@H](C)C(C)(C)C)CCC1. The molecule has 0 aliphatic heterocycles. The second-order valence-corrected chi connectivity index (χ2v) is 5.21. The van der Waals surface area contributed by atoms with Crippen LogP contribution >= 0.6 is 0 Å². The summed E-state index contributed by atoms with van der Waals surface area (Å²) < 4.78 is 5.66. The Kier molecular flexibility index (Phi) is 2.53. The molecule has 1 fully saturated rings. The Bertz CT molecular complexity index is 145. The molecule has 0 saturated heterocycles. The molecule has 12 heavy (non-hydrogen) atoms. The Morgan fingerprint density at radius 3 is 1.83 bits per heavy atom. The van der Waals surface area contributed by atoms with E-state index in [0.29, 0.717) is 11.3 Å². The maximum atomic E-state index is 5.66. The maximum absolute atomic E-state index is 5.66. The van der Waals surface area contributed by atoms with E-state index in [4.69, 9.17) is 4.74 Å². The third kappa shape index (κ3) is 1.52. The van der Waals surface area contributed by atoms with E-state index in [-0.39, 0.29) is 5.60 Å². The van der Waals surface area contributed by atoms with Gasteiger partial charge in [0.1, 0.15) is 0 Å². The molecule has 72 valence electrons. The second kappa shape index (κ2) is 3.02. The fourth-order valence-corrected chi connectivity index (χ4v) is 2.13. The van der Waals surface area contributed by atoms with Gasteiger partial charge in [-0.15, -0.1) is 0 Å². The van der Waals surface area contributed by atoms with Crippen LogP contribution < -0.4 is 0 Å². The highest BCUT2D eigenvalue weighted by atomic mass is 16.5. The van der Waals surface area contributed by atoms with Gasteiger partial charge in [-0.25, -0.2) is 0 Å². The molecule has 0 aromatic carbocycles. The lowest BCUT2D eigenvalue weighted by atomic mass is 9.63. The van der Waals surface area contributed by atoms with E-state index in [1.165, 1.54) is 19.3 Å². The summed E-state index contributed by atoms with van der Waals surface area (Å²) in [6.07, 6.45) is 3.85. The molecule has 1 aliphatic carbocycles. The molecule has 0 bridgehead atoms. The van der Waals surface area contributed by atoms with E-state index in [9.17, 15) is 0 Å². The van der Waals surface area contributed by atoms with Crippen LogP contribution in [0.1, 0.15) is 47.0 Å². The Morgan fingerprint density at radius 1 is 1.25 bits per heavy atom. The molecule has 1 saturated carbocycles. The highest BCUT2D eigenvalue weighted by Gasteiger charge is 2.46. The number of methoxy groups -OCH3 is 1. The molecule has 0 aromatic rings. The van der Waals surface area contributed by atoms with Crippen LogP contribution in [0.3, 0.4) is 0 Å². The van der Waals surface area contributed by atoms with Gasteiger partial charge in [0.15, 0.2) is 0 Å². The molecule has 0 radical (unpaired) electrons. The first kappa shape index (κ1) is 10.0. The topological polar surface area (TPSA) is 9.23 Å². The minimum absolute atomic E-state index is 0.207. The molecule has 0 spiro atoms. The Morgan fingerprint density at radius 2 is 1.75 bits per heavy atom. The van der Waals surface area contributed by atoms with Gasteiger partial charge in [-0.2, -0.15) is 0 Å². The van der Waals surface area contributed by atoms with Gasteiger partial charge in [-0.05, 0) is 30.6 Å². The van der Waals surface area contributed by atoms with Crippen LogP contribution in [0.25, 0.3) is 0 Å². The molecule has 1 aliphatic rings. The van der Waals surface area contributed by atoms with Gasteiger partial charge in [-0.1, -0.05) is 27.7 Å². The van der Waals surface area contributed by atoms with E-state index in [1.807, 2.05) is 7.11 Å². The molecule has 1 heteroatoms. The molecule has 1 rings (SSSR count). The summed E-state index contributed by atoms with van der Waals surface area (Å²) >= 11 is 0. The molecule has 0 unspecified atom stereocenters. The Hall–Kier alpha value is -0.0400. The van der Waals surface area contributed by atoms with Crippen molar-refractivity contribution in [3.63, 3.8) is 0 Å². The van der Waals surface area contributed by atoms with E-state index >= 15 is 0 Å². The van der Waals surface area contributed by atoms with Crippen molar-refractivity contribution >= 4 is 0 Å². The molecule has 0 aromatic heterocycles. The quantitative estimate of drug-likeness (QED) is 0.618. The molecule has 0 N–H and O–H groups in total. The van der Waals surface area contributed by atoms with Gasteiger partial charge in [0, 0.05) is 7.11 Å². The average molecular weight is 170 g/mol. The van der Waals surface area contributed by atoms with Crippen molar-refractivity contribution < 1.29 is 4.74 Å². The normalized spacial score (nSPS) is 24.8. The first-order chi connectivity index (χ1) is 5.42. The van der Waals surface area contributed by atoms with Crippen LogP contribution in [-0.2, 0) is 4.74 Å². The monoisotopic (exact) mass is 170 g/mol. The summed E-state index contributed by atoms with van der Waals surface area (Å²) in [6.45, 7) is 9.23. The van der Waals surface area contributed by atoms with Gasteiger partial charge in [0.05, 0.1) is 5.60 Å². The Labute approximate surface area is 76.5 Å². The van der Waals surface area contributed by atoms with E-state index in [1.54, 1.807) is 0 Å². The lowest BCUT2D eigenvalue weighted by molar-refractivity contribution is -0.137. The lowest BCUT2D eigenvalue weighted by Gasteiger charge is -2.50. The first-order valence-electron chi connectivity index (χ1n) is 4.97. The third-order valence-electron chi connectivity index (χ3n) is 3.69. The van der Waals surface area contributed by atoms with Crippen molar-refractivity contribution in [3.05, 3.63) is 0 Å². The lowest BCUT2D eigenvalue weighted by Crippen LogP contribution is -2.49. The molecule has 1 atom stereocenters. The zero-order valence-corrected chi connectivity index (χ0v) is 9.11. The molecule has 0 amide bonds. The second-order valence-electron chi connectivity index (χ2n) is 5.21. The van der Waals surface area contributed by atoms with Gasteiger partial charge in [-0.3, -0.25) is 0 Å². The van der Waals surface area contributed by atoms with Crippen LogP contribution in [0.15, 0.2) is 0 Å². The summed E-state index contributed by atoms with van der Waals surface area (Å²) in [5.74, 6) is 0.656. The molecule has 0 heterocycles.